The zero-order valence-corrected chi connectivity index (χ0v) is 14.2. The summed E-state index contributed by atoms with van der Waals surface area (Å²) in [5.74, 6) is -0.665. The first-order chi connectivity index (χ1) is 11.4. The van der Waals surface area contributed by atoms with E-state index in [1.807, 2.05) is 0 Å². The predicted octanol–water partition coefficient (Wildman–Crippen LogP) is 2.49. The van der Waals surface area contributed by atoms with Crippen LogP contribution in [0.25, 0.3) is 0 Å². The van der Waals surface area contributed by atoms with Crippen molar-refractivity contribution < 1.29 is 19.5 Å². The Kier molecular flexibility index (Phi) is 4.54. The summed E-state index contributed by atoms with van der Waals surface area (Å²) in [6.45, 7) is 2.09. The molecule has 3 rings (SSSR count). The molecule has 2 amide bonds. The first kappa shape index (κ1) is 16.8. The van der Waals surface area contributed by atoms with Gasteiger partial charge in [0.2, 0.25) is 5.91 Å². The fourth-order valence-electron chi connectivity index (χ4n) is 3.16. The number of carboxylic acids is 1. The van der Waals surface area contributed by atoms with Crippen LogP contribution >= 0.6 is 11.8 Å². The minimum absolute atomic E-state index is 0.103. The fraction of sp³-hybridized carbons (Fsp3) is 0.471. The van der Waals surface area contributed by atoms with Crippen LogP contribution in [0.2, 0.25) is 0 Å². The van der Waals surface area contributed by atoms with Crippen molar-refractivity contribution in [2.45, 2.75) is 43.0 Å². The maximum absolute atomic E-state index is 12.6. The van der Waals surface area contributed by atoms with E-state index < -0.39 is 17.4 Å². The Morgan fingerprint density at radius 2 is 2.04 bits per heavy atom. The minimum Gasteiger partial charge on any atom is -0.480 e. The third-order valence-electron chi connectivity index (χ3n) is 4.76. The Morgan fingerprint density at radius 1 is 1.33 bits per heavy atom. The lowest BCUT2D eigenvalue weighted by atomic mass is 9.77. The number of carbonyl (C=O) groups excluding carboxylic acids is 2. The number of rotatable bonds is 3. The predicted molar refractivity (Wildman–Crippen MR) is 91.3 cm³/mol. The van der Waals surface area contributed by atoms with Crippen LogP contribution in [0.4, 0.5) is 5.69 Å². The van der Waals surface area contributed by atoms with Crippen molar-refractivity contribution in [1.82, 2.24) is 5.32 Å². The molecule has 1 aromatic rings. The molecule has 24 heavy (non-hydrogen) atoms. The molecule has 1 aliphatic heterocycles. The van der Waals surface area contributed by atoms with Crippen LogP contribution in [-0.4, -0.2) is 34.2 Å². The molecule has 3 N–H and O–H groups in total. The average Bonchev–Trinajstić information content (AvgIpc) is 2.56. The average molecular weight is 348 g/mol. The van der Waals surface area contributed by atoms with E-state index in [-0.39, 0.29) is 5.91 Å². The highest BCUT2D eigenvalue weighted by Crippen LogP contribution is 2.34. The molecule has 0 radical (unpaired) electrons. The van der Waals surface area contributed by atoms with E-state index in [1.54, 1.807) is 18.2 Å². The molecule has 1 fully saturated rings. The number of thioether (sulfide) groups is 1. The van der Waals surface area contributed by atoms with E-state index in [9.17, 15) is 19.5 Å². The number of anilines is 1. The van der Waals surface area contributed by atoms with Gasteiger partial charge in [-0.2, -0.15) is 0 Å². The van der Waals surface area contributed by atoms with E-state index in [1.165, 1.54) is 11.8 Å². The molecule has 0 aromatic heterocycles. The van der Waals surface area contributed by atoms with Gasteiger partial charge in [-0.25, -0.2) is 4.79 Å². The number of benzene rings is 1. The summed E-state index contributed by atoms with van der Waals surface area (Å²) in [6, 6.07) is 5.06. The van der Waals surface area contributed by atoms with Gasteiger partial charge in [-0.1, -0.05) is 6.92 Å². The second-order valence-electron chi connectivity index (χ2n) is 6.57. The van der Waals surface area contributed by atoms with Crippen LogP contribution in [0.5, 0.6) is 0 Å². The van der Waals surface area contributed by atoms with Crippen LogP contribution < -0.4 is 10.6 Å². The molecule has 1 aliphatic carbocycles. The van der Waals surface area contributed by atoms with Crippen molar-refractivity contribution in [2.24, 2.45) is 5.92 Å². The van der Waals surface area contributed by atoms with Crippen LogP contribution in [0, 0.1) is 5.92 Å². The molecule has 1 heterocycles. The van der Waals surface area contributed by atoms with Crippen molar-refractivity contribution in [3.05, 3.63) is 23.8 Å². The molecule has 1 aromatic carbocycles. The molecule has 1 saturated carbocycles. The van der Waals surface area contributed by atoms with Crippen LogP contribution in [0.1, 0.15) is 43.0 Å². The molecule has 2 aliphatic rings. The largest absolute Gasteiger partial charge is 0.480 e. The number of amides is 2. The maximum atomic E-state index is 12.6. The molecule has 0 unspecified atom stereocenters. The fourth-order valence-corrected chi connectivity index (χ4v) is 3.95. The molecule has 0 saturated heterocycles. The standard InChI is InChI=1S/C17H20N2O4S/c1-10-4-6-17(7-5-10,16(22)23)19-15(21)11-2-3-13-12(8-11)18-14(20)9-24-13/h2-3,8,10H,4-7,9H2,1H3,(H,18,20)(H,19,21)(H,22,23). The van der Waals surface area contributed by atoms with E-state index in [0.29, 0.717) is 35.8 Å². The normalized spacial score (nSPS) is 26.2. The van der Waals surface area contributed by atoms with E-state index in [2.05, 4.69) is 17.6 Å². The number of fused-ring (bicyclic) bond motifs is 1. The second-order valence-corrected chi connectivity index (χ2v) is 7.59. The topological polar surface area (TPSA) is 95.5 Å². The van der Waals surface area contributed by atoms with Gasteiger partial charge in [0, 0.05) is 10.5 Å². The van der Waals surface area contributed by atoms with Crippen LogP contribution in [0.3, 0.4) is 0 Å². The van der Waals surface area contributed by atoms with Gasteiger partial charge >= 0.3 is 5.97 Å². The third-order valence-corrected chi connectivity index (χ3v) is 5.84. The summed E-state index contributed by atoms with van der Waals surface area (Å²) in [7, 11) is 0. The van der Waals surface area contributed by atoms with Gasteiger partial charge in [0.05, 0.1) is 11.4 Å². The lowest BCUT2D eigenvalue weighted by molar-refractivity contribution is -0.146. The van der Waals surface area contributed by atoms with Crippen molar-refractivity contribution in [3.63, 3.8) is 0 Å². The Bertz CT molecular complexity index is 696. The first-order valence-electron chi connectivity index (χ1n) is 8.02. The van der Waals surface area contributed by atoms with E-state index in [0.717, 1.165) is 17.7 Å². The Balaban J connectivity index is 1.80. The molecular weight excluding hydrogens is 328 g/mol. The third kappa shape index (κ3) is 3.26. The number of carbonyl (C=O) groups is 3. The van der Waals surface area contributed by atoms with Gasteiger partial charge in [-0.15, -0.1) is 11.8 Å². The quantitative estimate of drug-likeness (QED) is 0.780. The van der Waals surface area contributed by atoms with Crippen molar-refractivity contribution in [3.8, 4) is 0 Å². The zero-order valence-electron chi connectivity index (χ0n) is 13.4. The minimum atomic E-state index is -1.20. The number of carboxylic acid groups (broad SMARTS) is 1. The summed E-state index contributed by atoms with van der Waals surface area (Å²) >= 11 is 1.42. The summed E-state index contributed by atoms with van der Waals surface area (Å²) in [5.41, 5.74) is -0.237. The first-order valence-corrected chi connectivity index (χ1v) is 9.01. The molecule has 128 valence electrons. The SMILES string of the molecule is CC1CCC(NC(=O)c2ccc3c(c2)NC(=O)CS3)(C(=O)O)CC1. The Hall–Kier alpha value is -2.02. The Morgan fingerprint density at radius 3 is 2.71 bits per heavy atom. The maximum Gasteiger partial charge on any atom is 0.329 e. The summed E-state index contributed by atoms with van der Waals surface area (Å²) in [5, 5.41) is 15.1. The van der Waals surface area contributed by atoms with Gasteiger partial charge in [-0.3, -0.25) is 9.59 Å². The highest BCUT2D eigenvalue weighted by atomic mass is 32.2. The highest BCUT2D eigenvalue weighted by Gasteiger charge is 2.42. The van der Waals surface area contributed by atoms with Gasteiger partial charge < -0.3 is 15.7 Å². The second kappa shape index (κ2) is 6.47. The van der Waals surface area contributed by atoms with E-state index >= 15 is 0 Å². The molecular formula is C17H20N2O4S. The summed E-state index contributed by atoms with van der Waals surface area (Å²) < 4.78 is 0. The van der Waals surface area contributed by atoms with Gasteiger partial charge in [0.25, 0.3) is 5.91 Å². The van der Waals surface area contributed by atoms with Gasteiger partial charge in [0.15, 0.2) is 0 Å². The van der Waals surface area contributed by atoms with Gasteiger partial charge in [-0.05, 0) is 49.8 Å². The van der Waals surface area contributed by atoms with Crippen molar-refractivity contribution in [2.75, 3.05) is 11.1 Å². The summed E-state index contributed by atoms with van der Waals surface area (Å²) in [6.07, 6.45) is 2.44. The molecule has 7 heteroatoms. The van der Waals surface area contributed by atoms with E-state index in [4.69, 9.17) is 0 Å². The molecule has 0 bridgehead atoms. The zero-order chi connectivity index (χ0) is 17.3. The number of nitrogens with one attached hydrogen (secondary N) is 2. The van der Waals surface area contributed by atoms with Gasteiger partial charge in [0.1, 0.15) is 5.54 Å². The lowest BCUT2D eigenvalue weighted by Gasteiger charge is -2.36. The Labute approximate surface area is 144 Å². The van der Waals surface area contributed by atoms with Crippen LogP contribution in [0.15, 0.2) is 23.1 Å². The number of hydrogen-bond donors (Lipinski definition) is 3. The monoisotopic (exact) mass is 348 g/mol. The molecule has 6 nitrogen and oxygen atoms in total. The number of aliphatic carboxylic acids is 1. The summed E-state index contributed by atoms with van der Waals surface area (Å²) in [4.78, 5) is 36.7. The molecule has 0 spiro atoms. The van der Waals surface area contributed by atoms with Crippen LogP contribution in [-0.2, 0) is 9.59 Å². The van der Waals surface area contributed by atoms with Crippen molar-refractivity contribution in [1.29, 1.82) is 0 Å². The lowest BCUT2D eigenvalue weighted by Crippen LogP contribution is -2.56. The highest BCUT2D eigenvalue weighted by molar-refractivity contribution is 8.00. The van der Waals surface area contributed by atoms with Crippen molar-refractivity contribution >= 4 is 35.2 Å². The molecule has 0 atom stereocenters. The number of hydrogen-bond acceptors (Lipinski definition) is 4. The smallest absolute Gasteiger partial charge is 0.329 e.